The minimum absolute atomic E-state index is 0.0157. The predicted octanol–water partition coefficient (Wildman–Crippen LogP) is 8.06. The lowest BCUT2D eigenvalue weighted by molar-refractivity contribution is 0.462. The molecule has 0 aliphatic rings. The highest BCUT2D eigenvalue weighted by atomic mass is 19.2. The van der Waals surface area contributed by atoms with Gasteiger partial charge in [0.2, 0.25) is 0 Å². The van der Waals surface area contributed by atoms with E-state index in [9.17, 15) is 8.78 Å². The number of unbranched alkanes of at least 4 members (excludes halogenated alkanes) is 4. The van der Waals surface area contributed by atoms with E-state index >= 15 is 0 Å². The molecule has 0 bridgehead atoms. The normalized spacial score (nSPS) is 13.6. The van der Waals surface area contributed by atoms with Crippen LogP contribution in [0, 0.1) is 11.6 Å². The number of hydrogen-bond acceptors (Lipinski definition) is 1. The van der Waals surface area contributed by atoms with Crippen LogP contribution in [0.5, 0.6) is 0 Å². The zero-order valence-electron chi connectivity index (χ0n) is 18.4. The van der Waals surface area contributed by atoms with Gasteiger partial charge in [-0.3, -0.25) is 0 Å². The summed E-state index contributed by atoms with van der Waals surface area (Å²) < 4.78 is 29.2. The Morgan fingerprint density at radius 1 is 0.897 bits per heavy atom. The van der Waals surface area contributed by atoms with E-state index < -0.39 is 11.6 Å². The summed E-state index contributed by atoms with van der Waals surface area (Å²) in [4.78, 5) is 7.62. The molecule has 1 aromatic heterocycles. The molecule has 2 unspecified atom stereocenters. The molecule has 2 aromatic rings. The summed E-state index contributed by atoms with van der Waals surface area (Å²) >= 11 is 0. The third-order valence-electron chi connectivity index (χ3n) is 6.01. The van der Waals surface area contributed by atoms with E-state index in [1.807, 2.05) is 13.1 Å². The van der Waals surface area contributed by atoms with Crippen LogP contribution in [0.15, 0.2) is 24.5 Å². The Labute approximate surface area is 175 Å². The first-order valence-electron chi connectivity index (χ1n) is 11.5. The Bertz CT molecular complexity index is 697. The summed E-state index contributed by atoms with van der Waals surface area (Å²) in [6.07, 6.45) is 14.9. The number of benzene rings is 1. The van der Waals surface area contributed by atoms with E-state index in [4.69, 9.17) is 0 Å². The van der Waals surface area contributed by atoms with Gasteiger partial charge >= 0.3 is 0 Å². The van der Waals surface area contributed by atoms with Crippen LogP contribution in [0.2, 0.25) is 0 Å². The van der Waals surface area contributed by atoms with Gasteiger partial charge in [0.1, 0.15) is 5.82 Å². The molecule has 1 heterocycles. The largest absolute Gasteiger partial charge is 0.348 e. The highest BCUT2D eigenvalue weighted by Gasteiger charge is 2.19. The number of aromatic nitrogens is 2. The predicted molar refractivity (Wildman–Crippen MR) is 117 cm³/mol. The van der Waals surface area contributed by atoms with Crippen LogP contribution in [-0.4, -0.2) is 9.97 Å². The summed E-state index contributed by atoms with van der Waals surface area (Å²) in [6.45, 7) is 6.36. The molecular weight excluding hydrogens is 366 g/mol. The van der Waals surface area contributed by atoms with Crippen molar-refractivity contribution in [3.05, 3.63) is 53.1 Å². The van der Waals surface area contributed by atoms with Crippen molar-refractivity contribution in [2.24, 2.45) is 0 Å². The van der Waals surface area contributed by atoms with Crippen LogP contribution in [-0.2, 0) is 6.42 Å². The Kier molecular flexibility index (Phi) is 10.4. The molecule has 0 radical (unpaired) electrons. The van der Waals surface area contributed by atoms with Gasteiger partial charge in [-0.15, -0.1) is 0 Å². The zero-order chi connectivity index (χ0) is 21.1. The first-order valence-corrected chi connectivity index (χ1v) is 11.5. The molecular formula is C25H38F2N2. The van der Waals surface area contributed by atoms with E-state index in [0.29, 0.717) is 23.5 Å². The molecule has 2 atom stereocenters. The van der Waals surface area contributed by atoms with E-state index in [-0.39, 0.29) is 5.92 Å². The number of H-pyrrole nitrogens is 1. The molecule has 0 saturated carbocycles. The van der Waals surface area contributed by atoms with Gasteiger partial charge < -0.3 is 4.98 Å². The average molecular weight is 405 g/mol. The Hall–Kier alpha value is -1.71. The lowest BCUT2D eigenvalue weighted by Crippen LogP contribution is -2.05. The van der Waals surface area contributed by atoms with Gasteiger partial charge in [-0.25, -0.2) is 13.8 Å². The fourth-order valence-corrected chi connectivity index (χ4v) is 4.19. The SMILES string of the molecule is CCCCCCCc1ccc(C(C)CCCC(CCC)c2ncc[nH]2)c(F)c1F. The van der Waals surface area contributed by atoms with Crippen LogP contribution < -0.4 is 0 Å². The van der Waals surface area contributed by atoms with Crippen molar-refractivity contribution >= 4 is 0 Å². The summed E-state index contributed by atoms with van der Waals surface area (Å²) in [5.41, 5.74) is 1.04. The second-order valence-electron chi connectivity index (χ2n) is 8.40. The van der Waals surface area contributed by atoms with Crippen molar-refractivity contribution in [1.29, 1.82) is 0 Å². The Balaban J connectivity index is 1.88. The highest BCUT2D eigenvalue weighted by molar-refractivity contribution is 5.29. The van der Waals surface area contributed by atoms with E-state index in [0.717, 1.165) is 50.8 Å². The molecule has 0 fully saturated rings. The van der Waals surface area contributed by atoms with Gasteiger partial charge in [-0.1, -0.05) is 71.4 Å². The zero-order valence-corrected chi connectivity index (χ0v) is 18.4. The number of nitrogens with zero attached hydrogens (tertiary/aromatic N) is 1. The first-order chi connectivity index (χ1) is 14.1. The molecule has 2 rings (SSSR count). The van der Waals surface area contributed by atoms with Crippen LogP contribution in [0.3, 0.4) is 0 Å². The van der Waals surface area contributed by atoms with E-state index in [2.05, 4.69) is 23.8 Å². The maximum atomic E-state index is 14.7. The molecule has 1 aromatic carbocycles. The lowest BCUT2D eigenvalue weighted by Gasteiger charge is -2.17. The number of halogens is 2. The van der Waals surface area contributed by atoms with Crippen LogP contribution >= 0.6 is 0 Å². The third-order valence-corrected chi connectivity index (χ3v) is 6.01. The lowest BCUT2D eigenvalue weighted by atomic mass is 9.89. The van der Waals surface area contributed by atoms with Crippen LogP contribution in [0.1, 0.15) is 114 Å². The second kappa shape index (κ2) is 12.8. The van der Waals surface area contributed by atoms with Gasteiger partial charge in [0.25, 0.3) is 0 Å². The topological polar surface area (TPSA) is 28.7 Å². The Morgan fingerprint density at radius 3 is 2.38 bits per heavy atom. The van der Waals surface area contributed by atoms with Crippen molar-refractivity contribution in [3.8, 4) is 0 Å². The van der Waals surface area contributed by atoms with Gasteiger partial charge in [-0.2, -0.15) is 0 Å². The first kappa shape index (κ1) is 23.6. The molecule has 162 valence electrons. The summed E-state index contributed by atoms with van der Waals surface area (Å²) in [5, 5.41) is 0. The molecule has 0 saturated heterocycles. The maximum Gasteiger partial charge on any atom is 0.162 e. The number of rotatable bonds is 14. The minimum Gasteiger partial charge on any atom is -0.348 e. The minimum atomic E-state index is -0.639. The van der Waals surface area contributed by atoms with Crippen molar-refractivity contribution < 1.29 is 8.78 Å². The quantitative estimate of drug-likeness (QED) is 0.317. The van der Waals surface area contributed by atoms with Crippen molar-refractivity contribution in [2.45, 2.75) is 103 Å². The fourth-order valence-electron chi connectivity index (χ4n) is 4.19. The molecule has 2 nitrogen and oxygen atoms in total. The fraction of sp³-hybridized carbons (Fsp3) is 0.640. The summed E-state index contributed by atoms with van der Waals surface area (Å²) in [6, 6.07) is 3.60. The number of hydrogen-bond donors (Lipinski definition) is 1. The van der Waals surface area contributed by atoms with Gasteiger partial charge in [0.05, 0.1) is 0 Å². The van der Waals surface area contributed by atoms with Crippen molar-refractivity contribution in [1.82, 2.24) is 9.97 Å². The van der Waals surface area contributed by atoms with Crippen molar-refractivity contribution in [2.75, 3.05) is 0 Å². The molecule has 0 amide bonds. The van der Waals surface area contributed by atoms with Gasteiger partial charge in [-0.05, 0) is 49.1 Å². The smallest absolute Gasteiger partial charge is 0.162 e. The molecule has 4 heteroatoms. The molecule has 0 aliphatic heterocycles. The van der Waals surface area contributed by atoms with Crippen molar-refractivity contribution in [3.63, 3.8) is 0 Å². The Morgan fingerprint density at radius 2 is 1.69 bits per heavy atom. The maximum absolute atomic E-state index is 14.7. The van der Waals surface area contributed by atoms with Gasteiger partial charge in [0.15, 0.2) is 11.6 Å². The van der Waals surface area contributed by atoms with Crippen LogP contribution in [0.4, 0.5) is 8.78 Å². The number of nitrogens with one attached hydrogen (secondary N) is 1. The summed E-state index contributed by atoms with van der Waals surface area (Å²) in [7, 11) is 0. The molecule has 0 aliphatic carbocycles. The molecule has 29 heavy (non-hydrogen) atoms. The second-order valence-corrected chi connectivity index (χ2v) is 8.40. The monoisotopic (exact) mass is 404 g/mol. The molecule has 0 spiro atoms. The number of aromatic amines is 1. The van der Waals surface area contributed by atoms with Gasteiger partial charge in [0, 0.05) is 18.3 Å². The average Bonchev–Trinajstić information content (AvgIpc) is 3.25. The molecule has 1 N–H and O–H groups in total. The van der Waals surface area contributed by atoms with E-state index in [1.54, 1.807) is 18.3 Å². The standard InChI is InChI=1S/C25H38F2N2/c1-4-6-7-8-9-13-20-15-16-22(24(27)23(20)26)19(3)12-10-14-21(11-5-2)25-28-17-18-29-25/h15-19,21H,4-14H2,1-3H3,(H,28,29). The van der Waals surface area contributed by atoms with Crippen LogP contribution in [0.25, 0.3) is 0 Å². The third kappa shape index (κ3) is 7.24. The highest BCUT2D eigenvalue weighted by Crippen LogP contribution is 2.30. The summed E-state index contributed by atoms with van der Waals surface area (Å²) in [5.74, 6) is 0.199. The number of aryl methyl sites for hydroxylation is 1. The van der Waals surface area contributed by atoms with E-state index in [1.165, 1.54) is 19.3 Å². The number of imidazole rings is 1.